The van der Waals surface area contributed by atoms with Gasteiger partial charge in [0.2, 0.25) is 0 Å². The summed E-state index contributed by atoms with van der Waals surface area (Å²) in [4.78, 5) is 35.1. The number of nitrogens with two attached hydrogens (primary N) is 1. The Morgan fingerprint density at radius 2 is 0.809 bits per heavy atom. The Morgan fingerprint density at radius 1 is 0.456 bits per heavy atom. The molecule has 0 spiro atoms. The number of esters is 2. The fourth-order valence-electron chi connectivity index (χ4n) is 7.76. The summed E-state index contributed by atoms with van der Waals surface area (Å²) in [5, 5.41) is 0. The van der Waals surface area contributed by atoms with E-state index in [2.05, 4.69) is 86.8 Å². The molecule has 0 radical (unpaired) electrons. The van der Waals surface area contributed by atoms with Crippen LogP contribution in [0.5, 0.6) is 0 Å². The van der Waals surface area contributed by atoms with Crippen molar-refractivity contribution in [1.82, 2.24) is 0 Å². The van der Waals surface area contributed by atoms with Gasteiger partial charge >= 0.3 is 19.8 Å². The van der Waals surface area contributed by atoms with E-state index in [0.29, 0.717) is 6.42 Å². The van der Waals surface area contributed by atoms with Crippen molar-refractivity contribution >= 4 is 19.8 Å². The van der Waals surface area contributed by atoms with E-state index in [1.54, 1.807) is 0 Å². The number of rotatable bonds is 52. The van der Waals surface area contributed by atoms with E-state index in [9.17, 15) is 19.0 Å². The molecule has 0 fully saturated rings. The molecule has 9 nitrogen and oxygen atoms in total. The van der Waals surface area contributed by atoms with Crippen molar-refractivity contribution in [2.45, 2.75) is 258 Å². The van der Waals surface area contributed by atoms with E-state index in [0.717, 1.165) is 83.5 Å². The number of hydrogen-bond acceptors (Lipinski definition) is 8. The molecule has 0 amide bonds. The Labute approximate surface area is 418 Å². The lowest BCUT2D eigenvalue weighted by Crippen LogP contribution is -2.29. The Hall–Kier alpha value is -2.55. The largest absolute Gasteiger partial charge is 0.472 e. The van der Waals surface area contributed by atoms with Crippen molar-refractivity contribution in [3.05, 3.63) is 72.9 Å². The molecule has 0 aromatic rings. The molecule has 0 aromatic carbocycles. The molecule has 2 atom stereocenters. The van der Waals surface area contributed by atoms with Crippen LogP contribution in [0, 0.1) is 0 Å². The highest BCUT2D eigenvalue weighted by molar-refractivity contribution is 7.47. The smallest absolute Gasteiger partial charge is 0.462 e. The monoisotopic (exact) mass is 974 g/mol. The van der Waals surface area contributed by atoms with Crippen LogP contribution >= 0.6 is 7.82 Å². The first kappa shape index (κ1) is 65.5. The van der Waals surface area contributed by atoms with Crippen LogP contribution in [0.1, 0.15) is 251 Å². The van der Waals surface area contributed by atoms with Gasteiger partial charge in [0.15, 0.2) is 6.10 Å². The SMILES string of the molecule is CC/C=C\C/C=C\C/C=C\C/C=C\C/C=C\C/C=C\CCCCCCC(=O)OC(COC(=O)CCCCCCCCCCCCCCCCCCCCCCCCCC)COP(=O)(O)OCCN. The average Bonchev–Trinajstić information content (AvgIpc) is 3.33. The maximum atomic E-state index is 12.7. The van der Waals surface area contributed by atoms with E-state index < -0.39 is 26.5 Å². The van der Waals surface area contributed by atoms with E-state index >= 15 is 0 Å². The van der Waals surface area contributed by atoms with Gasteiger partial charge in [-0.15, -0.1) is 0 Å². The van der Waals surface area contributed by atoms with Gasteiger partial charge in [-0.25, -0.2) is 4.57 Å². The Bertz CT molecular complexity index is 1340. The van der Waals surface area contributed by atoms with E-state index in [1.807, 2.05) is 0 Å². The van der Waals surface area contributed by atoms with Crippen LogP contribution in [0.3, 0.4) is 0 Å². The van der Waals surface area contributed by atoms with Gasteiger partial charge < -0.3 is 20.1 Å². The molecule has 0 bridgehead atoms. The Morgan fingerprint density at radius 3 is 1.21 bits per heavy atom. The number of phosphoric acid groups is 1. The van der Waals surface area contributed by atoms with Gasteiger partial charge in [0.05, 0.1) is 13.2 Å². The molecule has 0 aliphatic rings. The van der Waals surface area contributed by atoms with Gasteiger partial charge in [0.25, 0.3) is 0 Å². The molecule has 0 heterocycles. The third-order valence-corrected chi connectivity index (χ3v) is 12.8. The molecule has 10 heteroatoms. The predicted molar refractivity (Wildman–Crippen MR) is 289 cm³/mol. The number of hydrogen-bond donors (Lipinski definition) is 2. The lowest BCUT2D eigenvalue weighted by atomic mass is 10.0. The van der Waals surface area contributed by atoms with Crippen molar-refractivity contribution < 1.29 is 37.6 Å². The second kappa shape index (κ2) is 53.8. The Kier molecular flexibility index (Phi) is 51.8. The van der Waals surface area contributed by atoms with Gasteiger partial charge in [-0.05, 0) is 64.2 Å². The van der Waals surface area contributed by atoms with Crippen molar-refractivity contribution in [1.29, 1.82) is 0 Å². The zero-order valence-electron chi connectivity index (χ0n) is 43.8. The molecule has 0 saturated carbocycles. The molecule has 3 N–H and O–H groups in total. The summed E-state index contributed by atoms with van der Waals surface area (Å²) in [7, 11) is -4.40. The first-order valence-corrected chi connectivity index (χ1v) is 29.4. The maximum Gasteiger partial charge on any atom is 0.472 e. The lowest BCUT2D eigenvalue weighted by molar-refractivity contribution is -0.161. The third kappa shape index (κ3) is 52.8. The minimum absolute atomic E-state index is 0.0466. The highest BCUT2D eigenvalue weighted by Gasteiger charge is 2.26. The third-order valence-electron chi connectivity index (χ3n) is 11.9. The molecule has 0 aliphatic heterocycles. The molecule has 0 aliphatic carbocycles. The van der Waals surface area contributed by atoms with Crippen LogP contribution in [-0.2, 0) is 32.7 Å². The summed E-state index contributed by atoms with van der Waals surface area (Å²) < 4.78 is 33.0. The number of carbonyl (C=O) groups excluding carboxylic acids is 2. The molecular formula is C58H104NO8P. The normalized spacial score (nSPS) is 13.6. The van der Waals surface area contributed by atoms with Crippen molar-refractivity contribution in [2.75, 3.05) is 26.4 Å². The highest BCUT2D eigenvalue weighted by Crippen LogP contribution is 2.43. The summed E-state index contributed by atoms with van der Waals surface area (Å²) in [6.45, 7) is 3.62. The first-order chi connectivity index (χ1) is 33.3. The molecular weight excluding hydrogens is 870 g/mol. The number of unbranched alkanes of at least 4 members (excludes halogenated alkanes) is 27. The minimum Gasteiger partial charge on any atom is -0.462 e. The van der Waals surface area contributed by atoms with Crippen LogP contribution in [-0.4, -0.2) is 49.3 Å². The number of carbonyl (C=O) groups is 2. The van der Waals surface area contributed by atoms with E-state index in [-0.39, 0.29) is 38.6 Å². The van der Waals surface area contributed by atoms with Crippen LogP contribution in [0.2, 0.25) is 0 Å². The molecule has 0 saturated heterocycles. The lowest BCUT2D eigenvalue weighted by Gasteiger charge is -2.19. The minimum atomic E-state index is -4.40. The molecule has 394 valence electrons. The summed E-state index contributed by atoms with van der Waals surface area (Å²) in [6, 6.07) is 0. The van der Waals surface area contributed by atoms with Crippen molar-refractivity contribution in [3.63, 3.8) is 0 Å². The molecule has 0 aromatic heterocycles. The number of allylic oxidation sites excluding steroid dienone is 12. The summed E-state index contributed by atoms with van der Waals surface area (Å²) in [5.74, 6) is -0.851. The van der Waals surface area contributed by atoms with Crippen LogP contribution in [0.15, 0.2) is 72.9 Å². The maximum absolute atomic E-state index is 12.7. The first-order valence-electron chi connectivity index (χ1n) is 27.9. The predicted octanol–water partition coefficient (Wildman–Crippen LogP) is 17.3. The van der Waals surface area contributed by atoms with Gasteiger partial charge in [-0.1, -0.05) is 247 Å². The fraction of sp³-hybridized carbons (Fsp3) is 0.759. The van der Waals surface area contributed by atoms with Gasteiger partial charge in [0, 0.05) is 19.4 Å². The second-order valence-corrected chi connectivity index (χ2v) is 19.9. The molecule has 2 unspecified atom stereocenters. The number of phosphoric ester groups is 1. The second-order valence-electron chi connectivity index (χ2n) is 18.4. The van der Waals surface area contributed by atoms with Crippen LogP contribution in [0.4, 0.5) is 0 Å². The van der Waals surface area contributed by atoms with E-state index in [4.69, 9.17) is 24.3 Å². The highest BCUT2D eigenvalue weighted by atomic mass is 31.2. The Balaban J connectivity index is 4.04. The van der Waals surface area contributed by atoms with Crippen LogP contribution < -0.4 is 5.73 Å². The summed E-state index contributed by atoms with van der Waals surface area (Å²) >= 11 is 0. The average molecular weight is 974 g/mol. The summed E-state index contributed by atoms with van der Waals surface area (Å²) in [5.41, 5.74) is 5.37. The fourth-order valence-corrected chi connectivity index (χ4v) is 8.52. The van der Waals surface area contributed by atoms with Crippen LogP contribution in [0.25, 0.3) is 0 Å². The van der Waals surface area contributed by atoms with Gasteiger partial charge in [-0.3, -0.25) is 18.6 Å². The number of ether oxygens (including phenoxy) is 2. The molecule has 0 rings (SSSR count). The zero-order chi connectivity index (χ0) is 49.5. The van der Waals surface area contributed by atoms with Crippen molar-refractivity contribution in [3.8, 4) is 0 Å². The standard InChI is InChI=1S/C58H104NO8P/c1-3-5-7-9-11-13-15-17-19-21-23-25-27-29-30-32-34-36-38-40-42-44-46-48-50-57(60)64-54-56(55-66-68(62,63)65-53-52-59)67-58(61)51-49-47-45-43-41-39-37-35-33-31-28-26-24-22-20-18-16-14-12-10-8-6-4-2/h6,8,12,14,18,20,24,26,31,33,37,39,56H,3-5,7,9-11,13,15-17,19,21-23,25,27-30,32,34-36,38,40-55,59H2,1-2H3,(H,62,63)/b8-6-,14-12-,20-18-,26-24-,33-31-,39-37-. The van der Waals surface area contributed by atoms with Crippen molar-refractivity contribution in [2.24, 2.45) is 5.73 Å². The quantitative estimate of drug-likeness (QED) is 0.0264. The molecule has 68 heavy (non-hydrogen) atoms. The van der Waals surface area contributed by atoms with E-state index in [1.165, 1.54) is 135 Å². The zero-order valence-corrected chi connectivity index (χ0v) is 44.7. The van der Waals surface area contributed by atoms with Gasteiger partial charge in [0.1, 0.15) is 6.61 Å². The van der Waals surface area contributed by atoms with Gasteiger partial charge in [-0.2, -0.15) is 0 Å². The topological polar surface area (TPSA) is 134 Å². The summed E-state index contributed by atoms with van der Waals surface area (Å²) in [6.07, 6.45) is 68.1.